The summed E-state index contributed by atoms with van der Waals surface area (Å²) in [5.74, 6) is -0.575. The van der Waals surface area contributed by atoms with Gasteiger partial charge in [-0.1, -0.05) is 110 Å². The summed E-state index contributed by atoms with van der Waals surface area (Å²) in [6, 6.07) is 35.3. The van der Waals surface area contributed by atoms with Crippen LogP contribution in [0.4, 0.5) is 0 Å². The summed E-state index contributed by atoms with van der Waals surface area (Å²) >= 11 is 0. The van der Waals surface area contributed by atoms with Gasteiger partial charge in [-0.05, 0) is 28.8 Å². The molecule has 0 aromatic heterocycles. The highest BCUT2D eigenvalue weighted by Gasteiger charge is 2.52. The van der Waals surface area contributed by atoms with Crippen molar-refractivity contribution in [3.63, 3.8) is 0 Å². The van der Waals surface area contributed by atoms with E-state index in [4.69, 9.17) is 18.9 Å². The quantitative estimate of drug-likeness (QED) is 0.206. The Morgan fingerprint density at radius 3 is 1.56 bits per heavy atom. The van der Waals surface area contributed by atoms with E-state index < -0.39 is 36.2 Å². The molecular weight excluding hydrogens is 542 g/mol. The number of amides is 2. The van der Waals surface area contributed by atoms with Gasteiger partial charge in [0.15, 0.2) is 6.10 Å². The zero-order valence-electron chi connectivity index (χ0n) is 23.7. The molecule has 0 unspecified atom stereocenters. The van der Waals surface area contributed by atoms with Gasteiger partial charge in [0.25, 0.3) is 11.8 Å². The van der Waals surface area contributed by atoms with Gasteiger partial charge in [0.1, 0.15) is 24.0 Å². The fourth-order valence-electron chi connectivity index (χ4n) is 5.57. The number of imide groups is 1. The van der Waals surface area contributed by atoms with E-state index in [1.165, 1.54) is 4.90 Å². The SMILES string of the molecule is C=C1O[C@H](COCc2ccccc2)[C@@H](OCc2ccccc2)[C@H](OCc2ccccc2)[C@H]1N1C(=O)c2ccccc2C1=O. The summed E-state index contributed by atoms with van der Waals surface area (Å²) in [6.45, 7) is 5.27. The first kappa shape index (κ1) is 28.6. The van der Waals surface area contributed by atoms with E-state index in [0.717, 1.165) is 16.7 Å². The summed E-state index contributed by atoms with van der Waals surface area (Å²) in [5, 5.41) is 0. The number of benzene rings is 4. The van der Waals surface area contributed by atoms with Crippen LogP contribution in [0.3, 0.4) is 0 Å². The van der Waals surface area contributed by atoms with Gasteiger partial charge in [0.2, 0.25) is 0 Å². The van der Waals surface area contributed by atoms with Crippen LogP contribution in [0.1, 0.15) is 37.4 Å². The average molecular weight is 576 g/mol. The predicted molar refractivity (Wildman–Crippen MR) is 161 cm³/mol. The first-order chi connectivity index (χ1) is 21.1. The van der Waals surface area contributed by atoms with Gasteiger partial charge in [0.05, 0.1) is 37.6 Å². The minimum atomic E-state index is -0.915. The molecule has 2 heterocycles. The van der Waals surface area contributed by atoms with Gasteiger partial charge < -0.3 is 18.9 Å². The first-order valence-corrected chi connectivity index (χ1v) is 14.4. The van der Waals surface area contributed by atoms with Crippen molar-refractivity contribution in [1.82, 2.24) is 4.90 Å². The van der Waals surface area contributed by atoms with Crippen LogP contribution in [0.15, 0.2) is 128 Å². The van der Waals surface area contributed by atoms with Crippen molar-refractivity contribution in [1.29, 1.82) is 0 Å². The van der Waals surface area contributed by atoms with Crippen LogP contribution < -0.4 is 0 Å². The molecule has 0 spiro atoms. The standard InChI is InChI=1S/C36H33NO6/c1-25-32(37-35(38)29-19-11-12-20-30(29)36(37)39)34(42-23-28-17-9-4-10-18-28)33(41-22-27-15-7-3-8-16-27)31(43-25)24-40-21-26-13-5-2-6-14-26/h2-20,31-34H,1,21-24H2/t31-,32+,33-,34-/m1/s1. The Kier molecular flexibility index (Phi) is 8.75. The van der Waals surface area contributed by atoms with Crippen LogP contribution in [0, 0.1) is 0 Å². The second kappa shape index (κ2) is 13.2. The summed E-state index contributed by atoms with van der Waals surface area (Å²) in [4.78, 5) is 28.5. The molecule has 1 fully saturated rings. The van der Waals surface area contributed by atoms with Gasteiger partial charge in [-0.3, -0.25) is 14.5 Å². The van der Waals surface area contributed by atoms with Crippen molar-refractivity contribution in [2.75, 3.05) is 6.61 Å². The highest BCUT2D eigenvalue weighted by atomic mass is 16.6. The zero-order chi connectivity index (χ0) is 29.6. The lowest BCUT2D eigenvalue weighted by atomic mass is 9.94. The number of rotatable bonds is 11. The Hall–Kier alpha value is -4.56. The molecule has 218 valence electrons. The average Bonchev–Trinajstić information content (AvgIpc) is 3.30. The Bertz CT molecular complexity index is 1520. The second-order valence-corrected chi connectivity index (χ2v) is 10.6. The second-order valence-electron chi connectivity index (χ2n) is 10.6. The van der Waals surface area contributed by atoms with Crippen molar-refractivity contribution in [3.8, 4) is 0 Å². The molecule has 2 amide bonds. The number of fused-ring (bicyclic) bond motifs is 1. The Morgan fingerprint density at radius 1 is 0.605 bits per heavy atom. The largest absolute Gasteiger partial charge is 0.488 e. The van der Waals surface area contributed by atoms with Gasteiger partial charge in [-0.15, -0.1) is 0 Å². The maximum absolute atomic E-state index is 13.7. The molecule has 0 aliphatic carbocycles. The molecule has 0 radical (unpaired) electrons. The van der Waals surface area contributed by atoms with E-state index >= 15 is 0 Å². The number of carbonyl (C=O) groups is 2. The van der Waals surface area contributed by atoms with E-state index in [0.29, 0.717) is 17.7 Å². The van der Waals surface area contributed by atoms with E-state index in [1.54, 1.807) is 24.3 Å². The van der Waals surface area contributed by atoms with E-state index in [9.17, 15) is 9.59 Å². The lowest BCUT2D eigenvalue weighted by molar-refractivity contribution is -0.194. The molecule has 0 N–H and O–H groups in total. The summed E-state index contributed by atoms with van der Waals surface area (Å²) < 4.78 is 25.6. The monoisotopic (exact) mass is 575 g/mol. The molecule has 4 atom stereocenters. The molecular formula is C36H33NO6. The molecule has 0 saturated carbocycles. The molecule has 2 aliphatic heterocycles. The van der Waals surface area contributed by atoms with Crippen LogP contribution in [-0.2, 0) is 38.8 Å². The number of nitrogens with zero attached hydrogens (tertiary/aromatic N) is 1. The maximum atomic E-state index is 13.7. The highest BCUT2D eigenvalue weighted by Crippen LogP contribution is 2.36. The smallest absolute Gasteiger partial charge is 0.262 e. The number of carbonyl (C=O) groups excluding carboxylic acids is 2. The van der Waals surface area contributed by atoms with Gasteiger partial charge in [-0.2, -0.15) is 0 Å². The van der Waals surface area contributed by atoms with Crippen LogP contribution >= 0.6 is 0 Å². The topological polar surface area (TPSA) is 74.3 Å². The lowest BCUT2D eigenvalue weighted by Crippen LogP contribution is -2.61. The van der Waals surface area contributed by atoms with E-state index in [2.05, 4.69) is 6.58 Å². The third-order valence-electron chi connectivity index (χ3n) is 7.70. The third kappa shape index (κ3) is 6.29. The van der Waals surface area contributed by atoms with Crippen molar-refractivity contribution in [3.05, 3.63) is 155 Å². The molecule has 4 aromatic carbocycles. The molecule has 7 heteroatoms. The van der Waals surface area contributed by atoms with Crippen molar-refractivity contribution >= 4 is 11.8 Å². The first-order valence-electron chi connectivity index (χ1n) is 14.4. The van der Waals surface area contributed by atoms with Gasteiger partial charge >= 0.3 is 0 Å². The van der Waals surface area contributed by atoms with Gasteiger partial charge in [-0.25, -0.2) is 0 Å². The normalized spacial score (nSPS) is 21.5. The molecule has 0 bridgehead atoms. The minimum Gasteiger partial charge on any atom is -0.488 e. The van der Waals surface area contributed by atoms with Crippen molar-refractivity contribution in [2.24, 2.45) is 0 Å². The number of hydrogen-bond acceptors (Lipinski definition) is 6. The zero-order valence-corrected chi connectivity index (χ0v) is 23.7. The molecule has 1 saturated heterocycles. The summed E-state index contributed by atoms with van der Waals surface area (Å²) in [7, 11) is 0. The van der Waals surface area contributed by atoms with Crippen molar-refractivity contribution < 1.29 is 28.5 Å². The highest BCUT2D eigenvalue weighted by molar-refractivity contribution is 6.21. The Labute approximate surface area is 251 Å². The fraction of sp³-hybridized carbons (Fsp3) is 0.222. The third-order valence-corrected chi connectivity index (χ3v) is 7.70. The van der Waals surface area contributed by atoms with Crippen molar-refractivity contribution in [2.45, 2.75) is 44.2 Å². The maximum Gasteiger partial charge on any atom is 0.262 e. The molecule has 4 aromatic rings. The minimum absolute atomic E-state index is 0.188. The molecule has 43 heavy (non-hydrogen) atoms. The molecule has 7 nitrogen and oxygen atoms in total. The summed E-state index contributed by atoms with van der Waals surface area (Å²) in [6.07, 6.45) is -2.08. The predicted octanol–water partition coefficient (Wildman–Crippen LogP) is 5.95. The van der Waals surface area contributed by atoms with Crippen LogP contribution in [0.2, 0.25) is 0 Å². The van der Waals surface area contributed by atoms with Gasteiger partial charge in [0, 0.05) is 0 Å². The number of hydrogen-bond donors (Lipinski definition) is 0. The molecule has 2 aliphatic rings. The Morgan fingerprint density at radius 2 is 1.05 bits per heavy atom. The van der Waals surface area contributed by atoms with Crippen LogP contribution in [0.25, 0.3) is 0 Å². The van der Waals surface area contributed by atoms with Crippen LogP contribution in [0.5, 0.6) is 0 Å². The number of ether oxygens (including phenoxy) is 4. The van der Waals surface area contributed by atoms with E-state index in [-0.39, 0.29) is 25.6 Å². The molecule has 6 rings (SSSR count). The van der Waals surface area contributed by atoms with Crippen LogP contribution in [-0.4, -0.2) is 47.7 Å². The van der Waals surface area contributed by atoms with E-state index in [1.807, 2.05) is 91.0 Å². The fourth-order valence-corrected chi connectivity index (χ4v) is 5.57. The Balaban J connectivity index is 1.32. The lowest BCUT2D eigenvalue weighted by Gasteiger charge is -2.45. The summed E-state index contributed by atoms with van der Waals surface area (Å²) in [5.41, 5.74) is 3.63.